The molecule has 0 amide bonds. The molecule has 0 atom stereocenters. The topological polar surface area (TPSA) is 254 Å². The van der Waals surface area contributed by atoms with Gasteiger partial charge in [0.15, 0.2) is 0 Å². The number of hydrogen-bond acceptors (Lipinski definition) is 9. The maximum Gasteiger partial charge on any atom is 2.00 e. The molecule has 16 heavy (non-hydrogen) atoms. The first-order valence-corrected chi connectivity index (χ1v) is 1.88. The van der Waals surface area contributed by atoms with Gasteiger partial charge in [-0.1, -0.05) is 0 Å². The van der Waals surface area contributed by atoms with Crippen molar-refractivity contribution in [1.29, 1.82) is 0 Å². The zero-order valence-corrected chi connectivity index (χ0v) is 14.0. The molecule has 0 aliphatic rings. The van der Waals surface area contributed by atoms with Gasteiger partial charge in [0, 0.05) is 0 Å². The summed E-state index contributed by atoms with van der Waals surface area (Å²) in [5, 5.41) is 47.3. The fourth-order valence-electron chi connectivity index (χ4n) is 0. The molecule has 0 aliphatic carbocycles. The molecule has 0 aromatic heterocycles. The summed E-state index contributed by atoms with van der Waals surface area (Å²) in [7, 11) is 0. The molecule has 0 aromatic rings. The second-order valence-corrected chi connectivity index (χ2v) is 0.783. The smallest absolute Gasteiger partial charge is 0.652 e. The molecule has 0 saturated carbocycles. The summed E-state index contributed by atoms with van der Waals surface area (Å²) in [6.07, 6.45) is -6.50. The van der Waals surface area contributed by atoms with Crippen molar-refractivity contribution in [1.82, 2.24) is 12.3 Å². The second-order valence-electron chi connectivity index (χ2n) is 0.783. The van der Waals surface area contributed by atoms with Crippen LogP contribution < -0.4 is 32.7 Å². The maximum absolute atomic E-state index is 8.56. The molecule has 13 heteroatoms. The Morgan fingerprint density at radius 1 is 0.688 bits per heavy atom. The van der Waals surface area contributed by atoms with Crippen molar-refractivity contribution >= 4 is 18.5 Å². The van der Waals surface area contributed by atoms with E-state index < -0.39 is 18.5 Å². The van der Waals surface area contributed by atoms with E-state index in [4.69, 9.17) is 45.0 Å². The predicted octanol–water partition coefficient (Wildman–Crippen LogP) is -4.35. The third-order valence-corrected chi connectivity index (χ3v) is 0. The van der Waals surface area contributed by atoms with Crippen LogP contribution in [0.25, 0.3) is 0 Å². The van der Waals surface area contributed by atoms with Crippen molar-refractivity contribution in [3.8, 4) is 0 Å². The number of carbonyl (C=O) groups is 3. The Bertz CT molecular complexity index is 124. The van der Waals surface area contributed by atoms with Crippen LogP contribution in [0.15, 0.2) is 0 Å². The molecule has 0 aromatic carbocycles. The van der Waals surface area contributed by atoms with E-state index >= 15 is 0 Å². The van der Waals surface area contributed by atoms with Crippen LogP contribution in [-0.4, -0.2) is 28.7 Å². The van der Waals surface area contributed by atoms with Crippen molar-refractivity contribution in [2.75, 3.05) is 0 Å². The minimum absolute atomic E-state index is 0. The van der Waals surface area contributed by atoms with Gasteiger partial charge in [0.05, 0.1) is 0 Å². The summed E-state index contributed by atoms with van der Waals surface area (Å²) in [6, 6.07) is 0. The van der Waals surface area contributed by atoms with Crippen molar-refractivity contribution in [3.63, 3.8) is 0 Å². The van der Waals surface area contributed by atoms with Crippen LogP contribution in [0.2, 0.25) is 0 Å². The van der Waals surface area contributed by atoms with E-state index in [1.807, 2.05) is 0 Å². The van der Waals surface area contributed by atoms with Crippen molar-refractivity contribution < 1.29 is 84.0 Å². The minimum Gasteiger partial charge on any atom is -0.652 e. The van der Waals surface area contributed by atoms with Crippen LogP contribution in [-0.2, 0) is 39.0 Å². The quantitative estimate of drug-likeness (QED) is 0.304. The van der Waals surface area contributed by atoms with Gasteiger partial charge in [0.1, 0.15) is 0 Å². The van der Waals surface area contributed by atoms with Crippen LogP contribution in [0.3, 0.4) is 0 Å². The van der Waals surface area contributed by atoms with Crippen LogP contribution in [0.4, 0.5) is 14.4 Å². The van der Waals surface area contributed by atoms with Crippen molar-refractivity contribution in [3.05, 3.63) is 0 Å². The van der Waals surface area contributed by atoms with Gasteiger partial charge in [-0.05, 0) is 12.3 Å². The van der Waals surface area contributed by atoms with E-state index in [0.29, 0.717) is 0 Å². The standard InChI is InChI=1S/3CH2O3.2H3N.2Zn/c3*2-1(3)4;;;;/h3*(H2,2,3,4);2*1H3;;/q;;;;;2*+2/p-4. The van der Waals surface area contributed by atoms with E-state index in [1.54, 1.807) is 0 Å². The predicted molar refractivity (Wildman–Crippen MR) is 31.5 cm³/mol. The Labute approximate surface area is 115 Å². The molecule has 0 heterocycles. The van der Waals surface area contributed by atoms with Crippen LogP contribution in [0.5, 0.6) is 0 Å². The van der Waals surface area contributed by atoms with E-state index in [2.05, 4.69) is 0 Å². The Morgan fingerprint density at radius 2 is 0.688 bits per heavy atom. The summed E-state index contributed by atoms with van der Waals surface area (Å²) < 4.78 is 0. The average Bonchev–Trinajstić information content (AvgIpc) is 1.54. The minimum atomic E-state index is -2.33. The zero-order valence-electron chi connectivity index (χ0n) is 8.08. The number of hydrogen-bond donors (Lipinski definition) is 4. The summed E-state index contributed by atoms with van der Waals surface area (Å²) in [5.41, 5.74) is 0. The number of carbonyl (C=O) groups excluding carboxylic acids is 2. The summed E-state index contributed by atoms with van der Waals surface area (Å²) in [6.45, 7) is 0. The van der Waals surface area contributed by atoms with Gasteiger partial charge in [-0.2, -0.15) is 0 Å². The number of rotatable bonds is 0. The van der Waals surface area contributed by atoms with E-state index in [9.17, 15) is 0 Å². The molecule has 0 radical (unpaired) electrons. The SMILES string of the molecule is N.N.O=C(O)O.O=C([O-])[O-].O=C([O-])[O-].[Zn+2].[Zn+2]. The molecule has 8 N–H and O–H groups in total. The van der Waals surface area contributed by atoms with E-state index in [-0.39, 0.29) is 51.3 Å². The molecule has 88 valence electrons. The van der Waals surface area contributed by atoms with E-state index in [1.165, 1.54) is 0 Å². The molecule has 11 nitrogen and oxygen atoms in total. The second kappa shape index (κ2) is 37.0. The third kappa shape index (κ3) is 1780. The van der Waals surface area contributed by atoms with Gasteiger partial charge < -0.3 is 52.5 Å². The molecule has 0 rings (SSSR count). The largest absolute Gasteiger partial charge is 2.00 e. The average molecular weight is 347 g/mol. The summed E-state index contributed by atoms with van der Waals surface area (Å²) in [4.78, 5) is 25.2. The molecule has 0 saturated heterocycles. The molecular formula is C3H8N2O9Zn2. The first kappa shape index (κ1) is 46.0. The Hall–Kier alpha value is -1.02. The zero-order chi connectivity index (χ0) is 10.7. The molecule has 0 spiro atoms. The Kier molecular flexibility index (Phi) is 106. The molecule has 0 fully saturated rings. The van der Waals surface area contributed by atoms with Gasteiger partial charge in [-0.15, -0.1) is 0 Å². The van der Waals surface area contributed by atoms with Crippen molar-refractivity contribution in [2.45, 2.75) is 0 Å². The van der Waals surface area contributed by atoms with Crippen molar-refractivity contribution in [2.24, 2.45) is 0 Å². The van der Waals surface area contributed by atoms with Gasteiger partial charge in [0.25, 0.3) is 0 Å². The fraction of sp³-hybridized carbons (Fsp3) is 0. The van der Waals surface area contributed by atoms with Crippen LogP contribution in [0, 0.1) is 0 Å². The fourth-order valence-corrected chi connectivity index (χ4v) is 0. The first-order valence-electron chi connectivity index (χ1n) is 1.88. The van der Waals surface area contributed by atoms with E-state index in [0.717, 1.165) is 0 Å². The van der Waals surface area contributed by atoms with Crippen LogP contribution >= 0.6 is 0 Å². The van der Waals surface area contributed by atoms with Gasteiger partial charge in [0.2, 0.25) is 0 Å². The van der Waals surface area contributed by atoms with Gasteiger partial charge in [-0.25, -0.2) is 4.79 Å². The summed E-state index contributed by atoms with van der Waals surface area (Å²) in [5.74, 6) is 0. The Balaban J connectivity index is -0.0000000135. The van der Waals surface area contributed by atoms with Gasteiger partial charge >= 0.3 is 45.1 Å². The maximum atomic E-state index is 8.56. The summed E-state index contributed by atoms with van der Waals surface area (Å²) >= 11 is 0. The molecule has 0 unspecified atom stereocenters. The third-order valence-electron chi connectivity index (χ3n) is 0. The molecule has 0 bridgehead atoms. The Morgan fingerprint density at radius 3 is 0.688 bits per heavy atom. The normalized spacial score (nSPS) is 4.50. The molecule has 0 aliphatic heterocycles. The van der Waals surface area contributed by atoms with Crippen LogP contribution in [0.1, 0.15) is 0 Å². The van der Waals surface area contributed by atoms with Gasteiger partial charge in [-0.3, -0.25) is 0 Å². The number of carboxylic acid groups (broad SMARTS) is 6. The first-order chi connectivity index (χ1) is 5.20. The monoisotopic (exact) mass is 344 g/mol. The molecular weight excluding hydrogens is 339 g/mol.